The number of aliphatic hydroxyl groups is 1. The number of β-amino-alcohol motifs (C(OH)–C–C–N with tert-alkyl or cyclic N) is 1. The number of likely N-dealkylation sites (tertiary alicyclic amines) is 1. The lowest BCUT2D eigenvalue weighted by Gasteiger charge is -2.50. The molecule has 1 saturated carbocycles. The minimum Gasteiger partial charge on any atom is -0.445 e. The summed E-state index contributed by atoms with van der Waals surface area (Å²) in [5.41, 5.74) is 1.02. The summed E-state index contributed by atoms with van der Waals surface area (Å²) < 4.78 is 11.0. The second kappa shape index (κ2) is 8.89. The lowest BCUT2D eigenvalue weighted by molar-refractivity contribution is -0.163. The second-order valence-electron chi connectivity index (χ2n) is 10.5. The van der Waals surface area contributed by atoms with E-state index in [2.05, 4.69) is 4.90 Å². The number of carbonyl (C=O) groups excluding carboxylic acids is 2. The number of hydrogen-bond donors (Lipinski definition) is 1. The number of benzene rings is 1. The molecule has 33 heavy (non-hydrogen) atoms. The molecule has 1 aromatic carbocycles. The number of ether oxygens (including phenoxy) is 2. The lowest BCUT2D eigenvalue weighted by atomic mass is 9.82. The van der Waals surface area contributed by atoms with Crippen LogP contribution in [0.3, 0.4) is 0 Å². The largest absolute Gasteiger partial charge is 0.445 e. The van der Waals surface area contributed by atoms with Gasteiger partial charge in [-0.1, -0.05) is 30.3 Å². The van der Waals surface area contributed by atoms with Gasteiger partial charge in [0.05, 0.1) is 19.3 Å². The Balaban J connectivity index is 1.14. The minimum atomic E-state index is -0.549. The van der Waals surface area contributed by atoms with Crippen LogP contribution < -0.4 is 0 Å². The second-order valence-corrected chi connectivity index (χ2v) is 10.5. The quantitative estimate of drug-likeness (QED) is 0.701. The summed E-state index contributed by atoms with van der Waals surface area (Å²) in [6.45, 7) is 7.37. The van der Waals surface area contributed by atoms with E-state index in [1.54, 1.807) is 6.92 Å². The van der Waals surface area contributed by atoms with Gasteiger partial charge in [-0.25, -0.2) is 4.79 Å². The van der Waals surface area contributed by atoms with Gasteiger partial charge in [0, 0.05) is 38.1 Å². The lowest BCUT2D eigenvalue weighted by Crippen LogP contribution is -2.64. The fraction of sp³-hybridized carbons (Fsp3) is 0.680. The van der Waals surface area contributed by atoms with Gasteiger partial charge in [-0.2, -0.15) is 0 Å². The Morgan fingerprint density at radius 3 is 2.52 bits per heavy atom. The van der Waals surface area contributed by atoms with Crippen molar-refractivity contribution in [3.05, 3.63) is 35.9 Å². The standard InChI is InChI=1S/C25H35N3O5/c1-19-22(30)27(11-12-28(19)23(31)33-14-20-5-3-2-4-6-20)16-24(17-32-18-24)15-26-10-9-25(7-8-25)21(29)13-26/h2-6,19,21,29H,7-18H2,1H3. The van der Waals surface area contributed by atoms with Crippen LogP contribution in [0.4, 0.5) is 4.79 Å². The van der Waals surface area contributed by atoms with E-state index in [4.69, 9.17) is 9.47 Å². The summed E-state index contributed by atoms with van der Waals surface area (Å²) >= 11 is 0. The van der Waals surface area contributed by atoms with Crippen molar-refractivity contribution in [3.63, 3.8) is 0 Å². The molecule has 3 saturated heterocycles. The average Bonchev–Trinajstić information content (AvgIpc) is 3.58. The molecule has 2 atom stereocenters. The van der Waals surface area contributed by atoms with Gasteiger partial charge in [0.1, 0.15) is 12.6 Å². The highest BCUT2D eigenvalue weighted by Crippen LogP contribution is 2.54. The van der Waals surface area contributed by atoms with Crippen LogP contribution in [0.25, 0.3) is 0 Å². The molecule has 3 aliphatic heterocycles. The van der Waals surface area contributed by atoms with E-state index in [0.29, 0.717) is 39.4 Å². The van der Waals surface area contributed by atoms with E-state index in [9.17, 15) is 14.7 Å². The molecule has 2 unspecified atom stereocenters. The number of amides is 2. The van der Waals surface area contributed by atoms with Crippen molar-refractivity contribution in [1.82, 2.24) is 14.7 Å². The molecular weight excluding hydrogens is 422 g/mol. The van der Waals surface area contributed by atoms with Crippen molar-refractivity contribution < 1.29 is 24.2 Å². The Bertz CT molecular complexity index is 870. The summed E-state index contributed by atoms with van der Waals surface area (Å²) in [5.74, 6) is -0.0419. The van der Waals surface area contributed by atoms with Gasteiger partial charge in [-0.15, -0.1) is 0 Å². The summed E-state index contributed by atoms with van der Waals surface area (Å²) in [4.78, 5) is 31.5. The first-order valence-electron chi connectivity index (χ1n) is 12.1. The maximum absolute atomic E-state index is 13.2. The smallest absolute Gasteiger partial charge is 0.410 e. The predicted molar refractivity (Wildman–Crippen MR) is 121 cm³/mol. The van der Waals surface area contributed by atoms with Gasteiger partial charge in [0.15, 0.2) is 0 Å². The third-order valence-corrected chi connectivity index (χ3v) is 8.04. The maximum atomic E-state index is 13.2. The molecule has 8 heteroatoms. The number of hydrogen-bond acceptors (Lipinski definition) is 6. The van der Waals surface area contributed by atoms with Crippen LogP contribution in [0, 0.1) is 10.8 Å². The Kier molecular flexibility index (Phi) is 6.09. The van der Waals surface area contributed by atoms with Crippen molar-refractivity contribution in [2.24, 2.45) is 10.8 Å². The number of piperazine rings is 1. The van der Waals surface area contributed by atoms with Crippen molar-refractivity contribution in [1.29, 1.82) is 0 Å². The topological polar surface area (TPSA) is 82.6 Å². The zero-order valence-electron chi connectivity index (χ0n) is 19.4. The molecular formula is C25H35N3O5. The molecule has 4 fully saturated rings. The molecule has 3 heterocycles. The molecule has 8 nitrogen and oxygen atoms in total. The average molecular weight is 458 g/mol. The minimum absolute atomic E-state index is 0.0419. The SMILES string of the molecule is CC1C(=O)N(CC2(CN3CCC4(CC4)C(O)C3)COC2)CCN1C(=O)OCc1ccccc1. The number of piperidine rings is 1. The van der Waals surface area contributed by atoms with Crippen molar-refractivity contribution >= 4 is 12.0 Å². The van der Waals surface area contributed by atoms with Gasteiger partial charge in [-0.3, -0.25) is 14.6 Å². The summed E-state index contributed by atoms with van der Waals surface area (Å²) in [7, 11) is 0. The zero-order chi connectivity index (χ0) is 23.1. The van der Waals surface area contributed by atoms with Crippen molar-refractivity contribution in [2.45, 2.75) is 44.9 Å². The van der Waals surface area contributed by atoms with Gasteiger partial charge in [0.2, 0.25) is 5.91 Å². The molecule has 0 aromatic heterocycles. The molecule has 1 N–H and O–H groups in total. The van der Waals surface area contributed by atoms with Crippen LogP contribution in [-0.2, 0) is 20.9 Å². The highest BCUT2D eigenvalue weighted by Gasteiger charge is 2.53. The Morgan fingerprint density at radius 1 is 1.12 bits per heavy atom. The molecule has 4 aliphatic rings. The molecule has 2 amide bonds. The molecule has 5 rings (SSSR count). The van der Waals surface area contributed by atoms with E-state index >= 15 is 0 Å². The van der Waals surface area contributed by atoms with Crippen LogP contribution in [-0.4, -0.2) is 96.4 Å². The van der Waals surface area contributed by atoms with Crippen molar-refractivity contribution in [3.8, 4) is 0 Å². The fourth-order valence-corrected chi connectivity index (χ4v) is 5.61. The maximum Gasteiger partial charge on any atom is 0.410 e. The number of aliphatic hydroxyl groups excluding tert-OH is 1. The van der Waals surface area contributed by atoms with Crippen LogP contribution in [0.15, 0.2) is 30.3 Å². The van der Waals surface area contributed by atoms with E-state index in [1.165, 1.54) is 4.90 Å². The predicted octanol–water partition coefficient (Wildman–Crippen LogP) is 1.72. The van der Waals surface area contributed by atoms with E-state index in [-0.39, 0.29) is 29.4 Å². The van der Waals surface area contributed by atoms with Gasteiger partial charge < -0.3 is 19.5 Å². The van der Waals surface area contributed by atoms with Gasteiger partial charge in [-0.05, 0) is 43.7 Å². The third kappa shape index (κ3) is 4.61. The fourth-order valence-electron chi connectivity index (χ4n) is 5.61. The van der Waals surface area contributed by atoms with E-state index < -0.39 is 12.1 Å². The first-order chi connectivity index (χ1) is 15.9. The Morgan fingerprint density at radius 2 is 1.88 bits per heavy atom. The normalized spacial score (nSPS) is 28.5. The Hall–Kier alpha value is -2.16. The molecule has 1 aromatic rings. The molecule has 180 valence electrons. The van der Waals surface area contributed by atoms with E-state index in [1.807, 2.05) is 35.2 Å². The highest BCUT2D eigenvalue weighted by molar-refractivity contribution is 5.86. The number of nitrogens with zero attached hydrogens (tertiary/aromatic N) is 3. The molecule has 1 aliphatic carbocycles. The van der Waals surface area contributed by atoms with Crippen LogP contribution in [0.1, 0.15) is 31.7 Å². The first kappa shape index (κ1) is 22.6. The van der Waals surface area contributed by atoms with Crippen LogP contribution in [0.2, 0.25) is 0 Å². The summed E-state index contributed by atoms with van der Waals surface area (Å²) in [5, 5.41) is 10.6. The highest BCUT2D eigenvalue weighted by atomic mass is 16.6. The van der Waals surface area contributed by atoms with Crippen molar-refractivity contribution in [2.75, 3.05) is 52.5 Å². The summed E-state index contributed by atoms with van der Waals surface area (Å²) in [6, 6.07) is 9.00. The van der Waals surface area contributed by atoms with E-state index in [0.717, 1.165) is 37.9 Å². The number of carbonyl (C=O) groups is 2. The van der Waals surface area contributed by atoms with Crippen LogP contribution in [0.5, 0.6) is 0 Å². The molecule has 0 bridgehead atoms. The number of rotatable bonds is 6. The summed E-state index contributed by atoms with van der Waals surface area (Å²) in [6.07, 6.45) is 2.68. The first-order valence-corrected chi connectivity index (χ1v) is 12.1. The Labute approximate surface area is 195 Å². The molecule has 1 spiro atoms. The van der Waals surface area contributed by atoms with Crippen LogP contribution >= 0.6 is 0 Å². The van der Waals surface area contributed by atoms with Gasteiger partial charge >= 0.3 is 6.09 Å². The zero-order valence-corrected chi connectivity index (χ0v) is 19.4. The van der Waals surface area contributed by atoms with Gasteiger partial charge in [0.25, 0.3) is 0 Å². The monoisotopic (exact) mass is 457 g/mol. The molecule has 0 radical (unpaired) electrons. The third-order valence-electron chi connectivity index (χ3n) is 8.04.